The van der Waals surface area contributed by atoms with Crippen molar-refractivity contribution in [2.24, 2.45) is 5.92 Å². The molecule has 1 unspecified atom stereocenters. The van der Waals surface area contributed by atoms with Crippen molar-refractivity contribution in [2.45, 2.75) is 66.3 Å². The monoisotopic (exact) mass is 435 g/mol. The van der Waals surface area contributed by atoms with Gasteiger partial charge in [-0.25, -0.2) is 0 Å². The molecule has 0 saturated carbocycles. The lowest BCUT2D eigenvalue weighted by atomic mass is 9.80. The van der Waals surface area contributed by atoms with Crippen molar-refractivity contribution in [3.8, 4) is 11.1 Å². The fraction of sp³-hybridized carbons (Fsp3) is 0.375. The summed E-state index contributed by atoms with van der Waals surface area (Å²) in [6, 6.07) is 18.9. The zero-order valence-corrected chi connectivity index (χ0v) is 21.5. The molecular weight excluding hydrogens is 398 g/mol. The standard InChI is InChI=1S/C32H37N/c1-19(2)13-23-16-30(25-15-20(3)14-21(4)22(25)5)33(8)31-18-29-27(17-26(23)31)24-11-9-10-12-28(24)32(29,6)7/h9-12,14-19,30H,13H2,1-8H3. The molecule has 1 aliphatic heterocycles. The summed E-state index contributed by atoms with van der Waals surface area (Å²) >= 11 is 0. The lowest BCUT2D eigenvalue weighted by Crippen LogP contribution is -2.28. The van der Waals surface area contributed by atoms with E-state index in [1.54, 1.807) is 0 Å². The summed E-state index contributed by atoms with van der Waals surface area (Å²) < 4.78 is 0. The molecule has 170 valence electrons. The molecule has 1 nitrogen and oxygen atoms in total. The molecule has 0 N–H and O–H groups in total. The number of benzene rings is 3. The van der Waals surface area contributed by atoms with Gasteiger partial charge in [-0.3, -0.25) is 0 Å². The number of hydrogen-bond donors (Lipinski definition) is 0. The molecule has 3 aromatic carbocycles. The number of rotatable bonds is 3. The summed E-state index contributed by atoms with van der Waals surface area (Å²) in [5.74, 6) is 0.616. The third kappa shape index (κ3) is 3.36. The molecule has 1 heteroatoms. The van der Waals surface area contributed by atoms with E-state index < -0.39 is 0 Å². The van der Waals surface area contributed by atoms with Crippen LogP contribution in [0, 0.1) is 26.7 Å². The fourth-order valence-electron chi connectivity index (χ4n) is 6.12. The minimum atomic E-state index is 0.0203. The Bertz CT molecular complexity index is 1290. The fourth-order valence-corrected chi connectivity index (χ4v) is 6.12. The third-order valence-electron chi connectivity index (χ3n) is 8.00. The van der Waals surface area contributed by atoms with Crippen LogP contribution >= 0.6 is 0 Å². The molecule has 0 fully saturated rings. The minimum Gasteiger partial charge on any atom is -0.364 e. The highest BCUT2D eigenvalue weighted by molar-refractivity contribution is 5.90. The lowest BCUT2D eigenvalue weighted by molar-refractivity contribution is 0.656. The Morgan fingerprint density at radius 2 is 1.61 bits per heavy atom. The maximum Gasteiger partial charge on any atom is 0.0732 e. The molecule has 0 amide bonds. The van der Waals surface area contributed by atoms with Gasteiger partial charge in [0, 0.05) is 23.7 Å². The summed E-state index contributed by atoms with van der Waals surface area (Å²) in [5, 5.41) is 0. The van der Waals surface area contributed by atoms with Crippen molar-refractivity contribution >= 4 is 11.3 Å². The van der Waals surface area contributed by atoms with Crippen molar-refractivity contribution in [2.75, 3.05) is 11.9 Å². The van der Waals surface area contributed by atoms with E-state index in [9.17, 15) is 0 Å². The summed E-state index contributed by atoms with van der Waals surface area (Å²) in [4.78, 5) is 2.51. The van der Waals surface area contributed by atoms with E-state index in [1.807, 2.05) is 0 Å². The van der Waals surface area contributed by atoms with Gasteiger partial charge in [0.05, 0.1) is 6.04 Å². The van der Waals surface area contributed by atoms with E-state index in [2.05, 4.69) is 115 Å². The van der Waals surface area contributed by atoms with Crippen LogP contribution in [0.3, 0.4) is 0 Å². The second-order valence-corrected chi connectivity index (χ2v) is 11.2. The molecule has 3 aromatic rings. The third-order valence-corrected chi connectivity index (χ3v) is 8.00. The van der Waals surface area contributed by atoms with Gasteiger partial charge in [-0.15, -0.1) is 0 Å². The highest BCUT2D eigenvalue weighted by atomic mass is 15.1. The summed E-state index contributed by atoms with van der Waals surface area (Å²) in [6.07, 6.45) is 3.65. The van der Waals surface area contributed by atoms with E-state index >= 15 is 0 Å². The van der Waals surface area contributed by atoms with Crippen LogP contribution in [0.2, 0.25) is 0 Å². The topological polar surface area (TPSA) is 3.24 Å². The van der Waals surface area contributed by atoms with E-state index in [0.29, 0.717) is 5.92 Å². The molecule has 0 saturated heterocycles. The molecule has 33 heavy (non-hydrogen) atoms. The molecule has 1 aliphatic carbocycles. The molecule has 1 heterocycles. The number of aryl methyl sites for hydroxylation is 2. The smallest absolute Gasteiger partial charge is 0.0732 e. The van der Waals surface area contributed by atoms with Gasteiger partial charge in [-0.2, -0.15) is 0 Å². The predicted octanol–water partition coefficient (Wildman–Crippen LogP) is 8.54. The number of anilines is 1. The SMILES string of the molecule is Cc1cc(C)c(C)c(C2C=C(CC(C)C)c3cc4c(cc3N2C)C(C)(C)c2ccccc2-4)c1. The lowest BCUT2D eigenvalue weighted by Gasteiger charge is -2.38. The Hall–Kier alpha value is -2.80. The molecule has 0 radical (unpaired) electrons. The largest absolute Gasteiger partial charge is 0.364 e. The molecule has 5 rings (SSSR count). The summed E-state index contributed by atoms with van der Waals surface area (Å²) in [6.45, 7) is 16.2. The van der Waals surface area contributed by atoms with Crippen LogP contribution < -0.4 is 4.90 Å². The first kappa shape index (κ1) is 22.0. The Labute approximate surface area is 200 Å². The second kappa shape index (κ2) is 7.62. The predicted molar refractivity (Wildman–Crippen MR) is 143 cm³/mol. The van der Waals surface area contributed by atoms with Crippen LogP contribution in [-0.4, -0.2) is 7.05 Å². The number of likely N-dealkylation sites (N-methyl/N-ethyl adjacent to an activating group) is 1. The normalized spacial score (nSPS) is 18.2. The van der Waals surface area contributed by atoms with Crippen molar-refractivity contribution in [1.82, 2.24) is 0 Å². The van der Waals surface area contributed by atoms with Gasteiger partial charge in [0.25, 0.3) is 0 Å². The van der Waals surface area contributed by atoms with Crippen molar-refractivity contribution in [1.29, 1.82) is 0 Å². The molecule has 2 aliphatic rings. The quantitative estimate of drug-likeness (QED) is 0.398. The number of hydrogen-bond acceptors (Lipinski definition) is 1. The van der Waals surface area contributed by atoms with Crippen molar-refractivity contribution in [3.63, 3.8) is 0 Å². The van der Waals surface area contributed by atoms with Crippen LogP contribution in [0.4, 0.5) is 5.69 Å². The first-order chi connectivity index (χ1) is 15.6. The van der Waals surface area contributed by atoms with Crippen LogP contribution in [0.25, 0.3) is 16.7 Å². The van der Waals surface area contributed by atoms with Crippen molar-refractivity contribution < 1.29 is 0 Å². The first-order valence-corrected chi connectivity index (χ1v) is 12.4. The number of allylic oxidation sites excluding steroid dienone is 1. The molecule has 1 atom stereocenters. The van der Waals surface area contributed by atoms with E-state index in [-0.39, 0.29) is 11.5 Å². The van der Waals surface area contributed by atoms with Gasteiger partial charge >= 0.3 is 0 Å². The number of nitrogens with zero attached hydrogens (tertiary/aromatic N) is 1. The Morgan fingerprint density at radius 1 is 0.879 bits per heavy atom. The van der Waals surface area contributed by atoms with E-state index in [1.165, 1.54) is 61.3 Å². The highest BCUT2D eigenvalue weighted by Crippen LogP contribution is 2.53. The molecule has 0 aromatic heterocycles. The van der Waals surface area contributed by atoms with Gasteiger partial charge < -0.3 is 4.90 Å². The molecular formula is C32H37N. The molecule has 0 bridgehead atoms. The zero-order chi connectivity index (χ0) is 23.7. The van der Waals surface area contributed by atoms with Gasteiger partial charge in [0.15, 0.2) is 0 Å². The van der Waals surface area contributed by atoms with Gasteiger partial charge in [-0.1, -0.05) is 75.7 Å². The van der Waals surface area contributed by atoms with Crippen LogP contribution in [0.15, 0.2) is 54.6 Å². The van der Waals surface area contributed by atoms with E-state index in [4.69, 9.17) is 0 Å². The zero-order valence-electron chi connectivity index (χ0n) is 21.5. The molecule has 0 spiro atoms. The summed E-state index contributed by atoms with van der Waals surface area (Å²) in [5.41, 5.74) is 15.6. The first-order valence-electron chi connectivity index (χ1n) is 12.4. The van der Waals surface area contributed by atoms with Gasteiger partial charge in [-0.05, 0) is 89.8 Å². The maximum atomic E-state index is 2.54. The van der Waals surface area contributed by atoms with Gasteiger partial charge in [0.1, 0.15) is 0 Å². The highest BCUT2D eigenvalue weighted by Gasteiger charge is 2.38. The Balaban J connectivity index is 1.74. The van der Waals surface area contributed by atoms with Crippen LogP contribution in [0.5, 0.6) is 0 Å². The average molecular weight is 436 g/mol. The van der Waals surface area contributed by atoms with E-state index in [0.717, 1.165) is 6.42 Å². The van der Waals surface area contributed by atoms with Crippen molar-refractivity contribution in [3.05, 3.63) is 93.6 Å². The average Bonchev–Trinajstić information content (AvgIpc) is 2.98. The number of fused-ring (bicyclic) bond motifs is 4. The van der Waals surface area contributed by atoms with Crippen LogP contribution in [-0.2, 0) is 5.41 Å². The minimum absolute atomic E-state index is 0.0203. The maximum absolute atomic E-state index is 2.54. The Morgan fingerprint density at radius 3 is 2.33 bits per heavy atom. The van der Waals surface area contributed by atoms with Crippen LogP contribution in [0.1, 0.15) is 79.1 Å². The second-order valence-electron chi connectivity index (χ2n) is 11.2. The Kier molecular flexibility index (Phi) is 5.08. The summed E-state index contributed by atoms with van der Waals surface area (Å²) in [7, 11) is 2.28. The van der Waals surface area contributed by atoms with Gasteiger partial charge in [0.2, 0.25) is 0 Å².